The van der Waals surface area contributed by atoms with Crippen molar-refractivity contribution >= 4 is 38.8 Å². The Morgan fingerprint density at radius 1 is 1.13 bits per heavy atom. The number of rotatable bonds is 1. The van der Waals surface area contributed by atoms with Gasteiger partial charge in [0.2, 0.25) is 0 Å². The van der Waals surface area contributed by atoms with Crippen molar-refractivity contribution in [3.05, 3.63) is 100 Å². The lowest BCUT2D eigenvalue weighted by Gasteiger charge is -2.49. The molecule has 0 radical (unpaired) electrons. The minimum Gasteiger partial charge on any atom is -0.490 e. The molecular weight excluding hydrogens is 630 g/mol. The highest BCUT2D eigenvalue weighted by atomic mass is 35.5. The summed E-state index contributed by atoms with van der Waals surface area (Å²) in [4.78, 5) is 20.3. The zero-order valence-corrected chi connectivity index (χ0v) is 28.7. The van der Waals surface area contributed by atoms with E-state index in [0.717, 1.165) is 54.1 Å². The highest BCUT2D eigenvalue weighted by molar-refractivity contribution is 7.99. The van der Waals surface area contributed by atoms with Crippen LogP contribution in [0.25, 0.3) is 0 Å². The fourth-order valence-corrected chi connectivity index (χ4v) is 9.97. The Labute approximate surface area is 283 Å². The Bertz CT molecular complexity index is 1810. The number of halogens is 1. The van der Waals surface area contributed by atoms with Crippen LogP contribution in [0.1, 0.15) is 73.0 Å². The SMILES string of the molecule is C=S1(=O)NC(=O)c2ccc3c(c2)N(C[C@@H]2CC[C@H]2[C@](O)(c2ccncc2)/C=C/C[C@H](C)[C@H]1C)C[C@@]1(CCCc2cc(Cl)ccc21)CO3. The second-order valence-electron chi connectivity index (χ2n) is 14.3. The van der Waals surface area contributed by atoms with E-state index in [0.29, 0.717) is 31.7 Å². The van der Waals surface area contributed by atoms with E-state index in [1.165, 1.54) is 11.1 Å². The summed E-state index contributed by atoms with van der Waals surface area (Å²) in [6.07, 6.45) is 12.9. The Morgan fingerprint density at radius 2 is 1.94 bits per heavy atom. The standard InChI is InChI=1S/C38H44ClN3O4S/c1-25-6-4-17-38(44,30-14-18-40-19-15-30)33-11-8-29(33)22-42-23-37(16-5-7-27-20-31(39)10-12-32(27)37)24-46-35-13-9-28(21-34(35)42)36(43)41-47(3,45)26(25)2/h4,9-10,12-15,17-21,25-26,29,33,44H,3,5-8,11,16,22-24H2,1-2H3,(H,41,43,45)/b17-4+/t25-,26+,29-,33+,37-,38+,47?/m0/s1. The van der Waals surface area contributed by atoms with Gasteiger partial charge >= 0.3 is 0 Å². The summed E-state index contributed by atoms with van der Waals surface area (Å²) >= 11 is 6.45. The van der Waals surface area contributed by atoms with E-state index in [9.17, 15) is 14.1 Å². The van der Waals surface area contributed by atoms with Gasteiger partial charge in [0.15, 0.2) is 0 Å². The summed E-state index contributed by atoms with van der Waals surface area (Å²) in [5, 5.41) is 12.9. The lowest BCUT2D eigenvalue weighted by molar-refractivity contribution is -0.0500. The Morgan fingerprint density at radius 3 is 2.70 bits per heavy atom. The average molecular weight is 674 g/mol. The monoisotopic (exact) mass is 673 g/mol. The normalized spacial score (nSPS) is 34.6. The van der Waals surface area contributed by atoms with Gasteiger partial charge in [-0.1, -0.05) is 36.7 Å². The molecule has 248 valence electrons. The van der Waals surface area contributed by atoms with Crippen LogP contribution >= 0.6 is 11.6 Å². The third-order valence-corrected chi connectivity index (χ3v) is 13.9. The third kappa shape index (κ3) is 5.87. The van der Waals surface area contributed by atoms with E-state index in [1.807, 2.05) is 56.3 Å². The molecule has 4 aliphatic rings. The molecule has 1 unspecified atom stereocenters. The molecule has 7 nitrogen and oxygen atoms in total. The van der Waals surface area contributed by atoms with Gasteiger partial charge in [0, 0.05) is 52.7 Å². The number of amides is 1. The summed E-state index contributed by atoms with van der Waals surface area (Å²) in [6, 6.07) is 15.5. The molecule has 1 saturated carbocycles. The molecule has 1 fully saturated rings. The van der Waals surface area contributed by atoms with Crippen molar-refractivity contribution in [3.63, 3.8) is 0 Å². The minimum absolute atomic E-state index is 0.0219. The molecule has 9 heteroatoms. The van der Waals surface area contributed by atoms with Crippen LogP contribution in [0.15, 0.2) is 73.1 Å². The van der Waals surface area contributed by atoms with Crippen LogP contribution in [0.4, 0.5) is 5.69 Å². The summed E-state index contributed by atoms with van der Waals surface area (Å²) < 4.78 is 23.3. The number of nitrogens with zero attached hydrogens (tertiary/aromatic N) is 2. The zero-order valence-electron chi connectivity index (χ0n) is 27.2. The van der Waals surface area contributed by atoms with Gasteiger partial charge in [-0.2, -0.15) is 0 Å². The van der Waals surface area contributed by atoms with Crippen LogP contribution in [-0.4, -0.2) is 51.0 Å². The number of carbonyl (C=O) groups excluding carboxylic acids is 1. The van der Waals surface area contributed by atoms with Crippen molar-refractivity contribution in [1.82, 2.24) is 9.71 Å². The fraction of sp³-hybridized carbons (Fsp3) is 0.447. The highest BCUT2D eigenvalue weighted by Crippen LogP contribution is 2.50. The van der Waals surface area contributed by atoms with Crippen molar-refractivity contribution in [3.8, 4) is 5.75 Å². The van der Waals surface area contributed by atoms with Crippen molar-refractivity contribution in [2.75, 3.05) is 24.6 Å². The second kappa shape index (κ2) is 12.3. The van der Waals surface area contributed by atoms with Crippen LogP contribution in [0.3, 0.4) is 0 Å². The number of nitrogens with one attached hydrogen (secondary N) is 1. The number of fused-ring (bicyclic) bond motifs is 4. The number of anilines is 1. The molecule has 1 amide bonds. The third-order valence-electron chi connectivity index (χ3n) is 11.4. The first kappa shape index (κ1) is 32.2. The van der Waals surface area contributed by atoms with E-state index >= 15 is 0 Å². The fourth-order valence-electron chi connectivity index (χ4n) is 8.30. The number of allylic oxidation sites excluding steroid dienone is 1. The van der Waals surface area contributed by atoms with Crippen molar-refractivity contribution < 1.29 is 18.8 Å². The lowest BCUT2D eigenvalue weighted by atomic mass is 9.62. The van der Waals surface area contributed by atoms with Crippen LogP contribution < -0.4 is 14.4 Å². The van der Waals surface area contributed by atoms with Gasteiger partial charge in [0.1, 0.15) is 11.4 Å². The number of aromatic nitrogens is 1. The molecule has 3 heterocycles. The number of pyridine rings is 1. The van der Waals surface area contributed by atoms with Crippen molar-refractivity contribution in [2.24, 2.45) is 17.8 Å². The smallest absolute Gasteiger partial charge is 0.262 e. The summed E-state index contributed by atoms with van der Waals surface area (Å²) in [5.74, 6) is 4.42. The maximum atomic E-state index is 13.8. The molecule has 0 saturated heterocycles. The van der Waals surface area contributed by atoms with Gasteiger partial charge in [-0.05, 0) is 122 Å². The van der Waals surface area contributed by atoms with E-state index < -0.39 is 26.5 Å². The first-order chi connectivity index (χ1) is 22.5. The molecule has 3 aromatic rings. The number of benzene rings is 2. The molecule has 2 bridgehead atoms. The second-order valence-corrected chi connectivity index (χ2v) is 17.1. The lowest BCUT2D eigenvalue weighted by Crippen LogP contribution is -2.51. The molecule has 7 atom stereocenters. The predicted octanol–water partition coefficient (Wildman–Crippen LogP) is 6.47. The van der Waals surface area contributed by atoms with E-state index in [2.05, 4.69) is 32.6 Å². The number of ether oxygens (including phenoxy) is 1. The quantitative estimate of drug-likeness (QED) is 0.227. The van der Waals surface area contributed by atoms with Gasteiger partial charge in [-0.15, -0.1) is 0 Å². The maximum absolute atomic E-state index is 13.8. The topological polar surface area (TPSA) is 91.8 Å². The minimum atomic E-state index is -2.99. The largest absolute Gasteiger partial charge is 0.490 e. The number of hydrogen-bond donors (Lipinski definition) is 2. The molecule has 2 aromatic carbocycles. The number of aryl methyl sites for hydroxylation is 1. The van der Waals surface area contributed by atoms with Crippen LogP contribution in [0, 0.1) is 17.8 Å². The van der Waals surface area contributed by atoms with E-state index in [1.54, 1.807) is 18.5 Å². The summed E-state index contributed by atoms with van der Waals surface area (Å²) in [7, 11) is -2.99. The van der Waals surface area contributed by atoms with Gasteiger partial charge in [0.05, 0.1) is 22.0 Å². The molecule has 2 N–H and O–H groups in total. The highest BCUT2D eigenvalue weighted by Gasteiger charge is 2.48. The first-order valence-corrected chi connectivity index (χ1v) is 19.0. The van der Waals surface area contributed by atoms with Crippen LogP contribution in [-0.2, 0) is 27.1 Å². The predicted molar refractivity (Wildman–Crippen MR) is 190 cm³/mol. The molecule has 7 rings (SSSR count). The van der Waals surface area contributed by atoms with Crippen LogP contribution in [0.2, 0.25) is 5.02 Å². The molecule has 2 aliphatic carbocycles. The molecule has 1 aromatic heterocycles. The first-order valence-electron chi connectivity index (χ1n) is 16.8. The summed E-state index contributed by atoms with van der Waals surface area (Å²) in [5.41, 5.74) is 3.16. The van der Waals surface area contributed by atoms with E-state index in [4.69, 9.17) is 16.3 Å². The van der Waals surface area contributed by atoms with Gasteiger partial charge in [0.25, 0.3) is 5.91 Å². The number of aliphatic hydroxyl groups is 1. The maximum Gasteiger partial charge on any atom is 0.262 e. The van der Waals surface area contributed by atoms with Gasteiger partial charge in [-0.25, -0.2) is 4.21 Å². The number of carbonyl (C=O) groups is 1. The molecule has 1 spiro atoms. The van der Waals surface area contributed by atoms with Crippen LogP contribution in [0.5, 0.6) is 5.75 Å². The molecule has 47 heavy (non-hydrogen) atoms. The molecule has 2 aliphatic heterocycles. The Balaban J connectivity index is 1.35. The van der Waals surface area contributed by atoms with Gasteiger partial charge in [-0.3, -0.25) is 14.5 Å². The van der Waals surface area contributed by atoms with Gasteiger partial charge < -0.3 is 14.7 Å². The van der Waals surface area contributed by atoms with Crippen molar-refractivity contribution in [1.29, 1.82) is 0 Å². The zero-order chi connectivity index (χ0) is 33.0. The Hall–Kier alpha value is -3.33. The van der Waals surface area contributed by atoms with E-state index in [-0.39, 0.29) is 23.2 Å². The summed E-state index contributed by atoms with van der Waals surface area (Å²) in [6.45, 7) is 5.79. The average Bonchev–Trinajstić information content (AvgIpc) is 3.19. The number of hydrogen-bond acceptors (Lipinski definition) is 6. The molecular formula is C38H44ClN3O4S. The Kier molecular flexibility index (Phi) is 8.42. The van der Waals surface area contributed by atoms with Crippen molar-refractivity contribution in [2.45, 2.75) is 68.6 Å².